The SMILES string of the molecule is CC1CC=Cc2cc3c(cc21)oc1cc(B2OC(C)(C)C(C)(C)O2)cc(-c2ccccc2)c13. The Bertz CT molecular complexity index is 1400. The van der Waals surface area contributed by atoms with Crippen LogP contribution in [-0.2, 0) is 9.31 Å². The predicted molar refractivity (Wildman–Crippen MR) is 137 cm³/mol. The van der Waals surface area contributed by atoms with Crippen LogP contribution in [0.1, 0.15) is 58.1 Å². The van der Waals surface area contributed by atoms with E-state index in [2.05, 4.69) is 101 Å². The van der Waals surface area contributed by atoms with Crippen LogP contribution in [0.25, 0.3) is 39.1 Å². The number of rotatable bonds is 2. The van der Waals surface area contributed by atoms with Crippen molar-refractivity contribution in [3.8, 4) is 11.1 Å². The molecule has 0 radical (unpaired) electrons. The topological polar surface area (TPSA) is 31.6 Å². The van der Waals surface area contributed by atoms with Gasteiger partial charge in [-0.2, -0.15) is 0 Å². The van der Waals surface area contributed by atoms with Crippen molar-refractivity contribution in [2.45, 2.75) is 58.2 Å². The molecule has 0 saturated carbocycles. The third-order valence-corrected chi connectivity index (χ3v) is 7.73. The fourth-order valence-corrected chi connectivity index (χ4v) is 5.06. The summed E-state index contributed by atoms with van der Waals surface area (Å²) in [6.07, 6.45) is 5.59. The summed E-state index contributed by atoms with van der Waals surface area (Å²) in [5.74, 6) is 0.497. The van der Waals surface area contributed by atoms with Crippen molar-refractivity contribution in [2.24, 2.45) is 0 Å². The normalized spacial score (nSPS) is 21.1. The Morgan fingerprint density at radius 1 is 0.879 bits per heavy atom. The predicted octanol–water partition coefficient (Wildman–Crippen LogP) is 7.07. The van der Waals surface area contributed by atoms with Crippen LogP contribution in [0.15, 0.2) is 65.1 Å². The van der Waals surface area contributed by atoms with Gasteiger partial charge in [-0.1, -0.05) is 55.5 Å². The van der Waals surface area contributed by atoms with Crippen molar-refractivity contribution >= 4 is 40.6 Å². The van der Waals surface area contributed by atoms with Gasteiger partial charge in [-0.15, -0.1) is 0 Å². The van der Waals surface area contributed by atoms with Gasteiger partial charge < -0.3 is 13.7 Å². The van der Waals surface area contributed by atoms with E-state index in [1.807, 2.05) is 0 Å². The fourth-order valence-electron chi connectivity index (χ4n) is 5.06. The molecule has 4 aromatic rings. The van der Waals surface area contributed by atoms with Crippen molar-refractivity contribution in [1.29, 1.82) is 0 Å². The van der Waals surface area contributed by atoms with E-state index in [-0.39, 0.29) is 0 Å². The smallest absolute Gasteiger partial charge is 0.456 e. The molecule has 3 nitrogen and oxygen atoms in total. The lowest BCUT2D eigenvalue weighted by atomic mass is 9.77. The second-order valence-corrected chi connectivity index (χ2v) is 10.5. The molecule has 3 aromatic carbocycles. The van der Waals surface area contributed by atoms with Crippen LogP contribution in [0.4, 0.5) is 0 Å². The number of fused-ring (bicyclic) bond motifs is 4. The molecule has 1 aliphatic carbocycles. The number of hydrogen-bond acceptors (Lipinski definition) is 3. The van der Waals surface area contributed by atoms with Gasteiger partial charge in [0, 0.05) is 10.8 Å². The van der Waals surface area contributed by atoms with Gasteiger partial charge in [0.05, 0.1) is 11.2 Å². The summed E-state index contributed by atoms with van der Waals surface area (Å²) in [5, 5.41) is 2.30. The molecule has 1 atom stereocenters. The van der Waals surface area contributed by atoms with Crippen LogP contribution >= 0.6 is 0 Å². The third-order valence-electron chi connectivity index (χ3n) is 7.73. The standard InChI is InChI=1S/C29H29BO3/c1-18-10-9-13-20-14-24-25(17-22(18)20)31-26-16-21(30-32-28(2,3)29(4,5)33-30)15-23(27(24)26)19-11-7-6-8-12-19/h6-9,11-18H,10H2,1-5H3. The van der Waals surface area contributed by atoms with Crippen LogP contribution in [0.2, 0.25) is 0 Å². The molecule has 1 aliphatic heterocycles. The molecule has 0 bridgehead atoms. The Morgan fingerprint density at radius 3 is 2.33 bits per heavy atom. The molecule has 4 heteroatoms. The maximum atomic E-state index is 6.50. The van der Waals surface area contributed by atoms with E-state index in [4.69, 9.17) is 13.7 Å². The number of allylic oxidation sites excluding steroid dienone is 1. The van der Waals surface area contributed by atoms with Crippen molar-refractivity contribution in [2.75, 3.05) is 0 Å². The Morgan fingerprint density at radius 2 is 1.61 bits per heavy atom. The van der Waals surface area contributed by atoms with E-state index in [0.717, 1.165) is 44.9 Å². The molecule has 1 saturated heterocycles. The minimum atomic E-state index is -0.439. The van der Waals surface area contributed by atoms with Gasteiger partial charge in [-0.3, -0.25) is 0 Å². The molecule has 0 N–H and O–H groups in total. The van der Waals surface area contributed by atoms with Crippen molar-refractivity contribution < 1.29 is 13.7 Å². The fraction of sp³-hybridized carbons (Fsp3) is 0.310. The molecule has 166 valence electrons. The van der Waals surface area contributed by atoms with Crippen LogP contribution in [0.3, 0.4) is 0 Å². The van der Waals surface area contributed by atoms with Gasteiger partial charge in [0.15, 0.2) is 0 Å². The molecule has 0 amide bonds. The van der Waals surface area contributed by atoms with Crippen molar-refractivity contribution in [1.82, 2.24) is 0 Å². The average Bonchev–Trinajstić information content (AvgIpc) is 3.25. The largest absolute Gasteiger partial charge is 0.494 e. The summed E-state index contributed by atoms with van der Waals surface area (Å²) < 4.78 is 19.3. The molecule has 1 aromatic heterocycles. The van der Waals surface area contributed by atoms with E-state index in [1.54, 1.807) is 0 Å². The van der Waals surface area contributed by atoms with Crippen molar-refractivity contribution in [3.63, 3.8) is 0 Å². The summed E-state index contributed by atoms with van der Waals surface area (Å²) in [6, 6.07) is 19.4. The van der Waals surface area contributed by atoms with Gasteiger partial charge in [-0.25, -0.2) is 0 Å². The van der Waals surface area contributed by atoms with E-state index in [1.165, 1.54) is 11.1 Å². The third kappa shape index (κ3) is 3.19. The van der Waals surface area contributed by atoms with Crippen LogP contribution < -0.4 is 5.46 Å². The van der Waals surface area contributed by atoms with Crippen LogP contribution in [0, 0.1) is 0 Å². The quantitative estimate of drug-likeness (QED) is 0.315. The maximum absolute atomic E-state index is 6.50. The maximum Gasteiger partial charge on any atom is 0.494 e. The van der Waals surface area contributed by atoms with Gasteiger partial charge >= 0.3 is 7.12 Å². The first kappa shape index (κ1) is 20.8. The zero-order valence-electron chi connectivity index (χ0n) is 19.9. The Kier molecular flexibility index (Phi) is 4.46. The first-order valence-corrected chi connectivity index (χ1v) is 11.9. The highest BCUT2D eigenvalue weighted by Crippen LogP contribution is 2.41. The van der Waals surface area contributed by atoms with Gasteiger partial charge in [0.1, 0.15) is 11.2 Å². The molecule has 2 heterocycles. The van der Waals surface area contributed by atoms with E-state index < -0.39 is 18.3 Å². The second kappa shape index (κ2) is 7.09. The molecule has 1 unspecified atom stereocenters. The van der Waals surface area contributed by atoms with Gasteiger partial charge in [0.25, 0.3) is 0 Å². The molecular weight excluding hydrogens is 407 g/mol. The highest BCUT2D eigenvalue weighted by atomic mass is 16.7. The summed E-state index contributed by atoms with van der Waals surface area (Å²) in [6.45, 7) is 10.6. The molecule has 1 fully saturated rings. The lowest BCUT2D eigenvalue weighted by Gasteiger charge is -2.32. The van der Waals surface area contributed by atoms with Gasteiger partial charge in [-0.05, 0) is 85.9 Å². The van der Waals surface area contributed by atoms with Crippen LogP contribution in [-0.4, -0.2) is 18.3 Å². The van der Waals surface area contributed by atoms with Gasteiger partial charge in [0.2, 0.25) is 0 Å². The molecule has 33 heavy (non-hydrogen) atoms. The van der Waals surface area contributed by atoms with Crippen molar-refractivity contribution in [3.05, 3.63) is 71.8 Å². The summed E-state index contributed by atoms with van der Waals surface area (Å²) in [5.41, 5.74) is 6.95. The zero-order valence-corrected chi connectivity index (χ0v) is 19.9. The van der Waals surface area contributed by atoms with E-state index >= 15 is 0 Å². The molecule has 6 rings (SSSR count). The average molecular weight is 436 g/mol. The molecule has 0 spiro atoms. The minimum Gasteiger partial charge on any atom is -0.456 e. The zero-order chi connectivity index (χ0) is 23.0. The second-order valence-electron chi connectivity index (χ2n) is 10.5. The van der Waals surface area contributed by atoms with E-state index in [0.29, 0.717) is 5.92 Å². The lowest BCUT2D eigenvalue weighted by Crippen LogP contribution is -2.41. The Labute approximate surface area is 195 Å². The number of benzene rings is 3. The Balaban J connectivity index is 1.61. The molecular formula is C29H29BO3. The highest BCUT2D eigenvalue weighted by molar-refractivity contribution is 6.62. The number of furan rings is 1. The van der Waals surface area contributed by atoms with E-state index in [9.17, 15) is 0 Å². The van der Waals surface area contributed by atoms with Crippen LogP contribution in [0.5, 0.6) is 0 Å². The minimum absolute atomic E-state index is 0.394. The summed E-state index contributed by atoms with van der Waals surface area (Å²) >= 11 is 0. The lowest BCUT2D eigenvalue weighted by molar-refractivity contribution is 0.00578. The molecule has 2 aliphatic rings. The summed E-state index contributed by atoms with van der Waals surface area (Å²) in [4.78, 5) is 0. The first-order valence-electron chi connectivity index (χ1n) is 11.9. The summed E-state index contributed by atoms with van der Waals surface area (Å²) in [7, 11) is -0.439. The first-order chi connectivity index (χ1) is 15.7. The highest BCUT2D eigenvalue weighted by Gasteiger charge is 2.52. The Hall–Kier alpha value is -2.82. The monoisotopic (exact) mass is 436 g/mol. The number of hydrogen-bond donors (Lipinski definition) is 0.